The maximum absolute atomic E-state index is 12.3. The summed E-state index contributed by atoms with van der Waals surface area (Å²) in [6.45, 7) is 4.80. The number of anilines is 1. The summed E-state index contributed by atoms with van der Waals surface area (Å²) in [4.78, 5) is 25.5. The molecule has 184 valence electrons. The van der Waals surface area contributed by atoms with Crippen molar-refractivity contribution in [2.24, 2.45) is 7.05 Å². The number of fused-ring (bicyclic) bond motifs is 1. The number of hydrogen-bond donors (Lipinski definition) is 1. The molecule has 1 aromatic carbocycles. The number of carbonyl (C=O) groups is 1. The average Bonchev–Trinajstić information content (AvgIpc) is 3.19. The van der Waals surface area contributed by atoms with Crippen molar-refractivity contribution in [2.45, 2.75) is 19.9 Å². The van der Waals surface area contributed by atoms with Gasteiger partial charge >= 0.3 is 0 Å². The third-order valence-electron chi connectivity index (χ3n) is 7.00. The van der Waals surface area contributed by atoms with Crippen molar-refractivity contribution >= 4 is 28.2 Å². The van der Waals surface area contributed by atoms with Crippen molar-refractivity contribution in [3.05, 3.63) is 83.3 Å². The Hall–Kier alpha value is -3.97. The largest absolute Gasteiger partial charge is 0.397 e. The molecule has 4 aromatic rings. The molecule has 0 radical (unpaired) electrons. The van der Waals surface area contributed by atoms with Gasteiger partial charge in [0.2, 0.25) is 0 Å². The second-order valence-electron chi connectivity index (χ2n) is 9.71. The van der Waals surface area contributed by atoms with E-state index in [2.05, 4.69) is 51.6 Å². The van der Waals surface area contributed by atoms with Gasteiger partial charge < -0.3 is 15.2 Å². The average molecular weight is 481 g/mol. The van der Waals surface area contributed by atoms with Gasteiger partial charge in [0.05, 0.1) is 17.6 Å². The lowest BCUT2D eigenvalue weighted by Gasteiger charge is -2.27. The van der Waals surface area contributed by atoms with Crippen molar-refractivity contribution in [3.63, 3.8) is 0 Å². The standard InChI is InChI=1S/C29H32N6O/c1-19-15-21(29(36)33(2)3)5-7-24(19)20-10-13-35(14-11-20)18-23-16-26-25(9-12-31-28(26)34(23)4)27-8-6-22(30)17-32-27/h5-10,12,15-17H,11,13-14,18,30H2,1-4H3. The minimum absolute atomic E-state index is 0.0354. The van der Waals surface area contributed by atoms with Crippen LogP contribution in [0.4, 0.5) is 5.69 Å². The molecule has 7 nitrogen and oxygen atoms in total. The van der Waals surface area contributed by atoms with Crippen molar-refractivity contribution in [3.8, 4) is 11.3 Å². The molecule has 5 rings (SSSR count). The van der Waals surface area contributed by atoms with Crippen molar-refractivity contribution in [2.75, 3.05) is 32.9 Å². The Morgan fingerprint density at radius 1 is 1.08 bits per heavy atom. The van der Waals surface area contributed by atoms with Gasteiger partial charge in [-0.2, -0.15) is 0 Å². The van der Waals surface area contributed by atoms with Crippen LogP contribution >= 0.6 is 0 Å². The third kappa shape index (κ3) is 4.50. The molecule has 1 amide bonds. The van der Waals surface area contributed by atoms with Crippen molar-refractivity contribution in [1.29, 1.82) is 0 Å². The van der Waals surface area contributed by atoms with Gasteiger partial charge in [-0.3, -0.25) is 14.7 Å². The predicted molar refractivity (Wildman–Crippen MR) is 145 cm³/mol. The van der Waals surface area contributed by atoms with Crippen LogP contribution in [0.15, 0.2) is 60.9 Å². The molecular weight excluding hydrogens is 448 g/mol. The van der Waals surface area contributed by atoms with E-state index in [1.165, 1.54) is 16.8 Å². The van der Waals surface area contributed by atoms with Gasteiger partial charge in [0.15, 0.2) is 0 Å². The number of hydrogen-bond acceptors (Lipinski definition) is 5. The molecule has 1 aliphatic heterocycles. The topological polar surface area (TPSA) is 80.3 Å². The second-order valence-corrected chi connectivity index (χ2v) is 9.71. The Bertz CT molecular complexity index is 1470. The van der Waals surface area contributed by atoms with Crippen LogP contribution in [0.5, 0.6) is 0 Å². The fourth-order valence-corrected chi connectivity index (χ4v) is 4.95. The molecule has 4 heterocycles. The summed E-state index contributed by atoms with van der Waals surface area (Å²) in [5.74, 6) is 0.0354. The Balaban J connectivity index is 1.35. The highest BCUT2D eigenvalue weighted by atomic mass is 16.2. The van der Waals surface area contributed by atoms with Crippen LogP contribution in [0, 0.1) is 6.92 Å². The Morgan fingerprint density at radius 3 is 2.58 bits per heavy atom. The molecule has 0 bridgehead atoms. The maximum Gasteiger partial charge on any atom is 0.253 e. The van der Waals surface area contributed by atoms with E-state index in [1.54, 1.807) is 25.2 Å². The molecule has 0 saturated heterocycles. The first kappa shape index (κ1) is 23.8. The zero-order valence-electron chi connectivity index (χ0n) is 21.3. The molecule has 0 saturated carbocycles. The monoisotopic (exact) mass is 480 g/mol. The molecule has 3 aromatic heterocycles. The van der Waals surface area contributed by atoms with E-state index in [0.717, 1.165) is 59.5 Å². The normalized spacial score (nSPS) is 14.2. The van der Waals surface area contributed by atoms with E-state index in [4.69, 9.17) is 5.73 Å². The number of carbonyl (C=O) groups excluding carboxylic acids is 1. The molecule has 0 aliphatic carbocycles. The number of aromatic nitrogens is 3. The Morgan fingerprint density at radius 2 is 1.92 bits per heavy atom. The summed E-state index contributed by atoms with van der Waals surface area (Å²) in [5.41, 5.74) is 15.1. The quantitative estimate of drug-likeness (QED) is 0.454. The zero-order valence-corrected chi connectivity index (χ0v) is 21.3. The lowest BCUT2D eigenvalue weighted by Crippen LogP contribution is -2.29. The highest BCUT2D eigenvalue weighted by Crippen LogP contribution is 2.30. The van der Waals surface area contributed by atoms with Crippen LogP contribution < -0.4 is 5.73 Å². The summed E-state index contributed by atoms with van der Waals surface area (Å²) in [6.07, 6.45) is 6.84. The van der Waals surface area contributed by atoms with E-state index < -0.39 is 0 Å². The summed E-state index contributed by atoms with van der Waals surface area (Å²) in [5, 5.41) is 1.10. The van der Waals surface area contributed by atoms with Crippen molar-refractivity contribution in [1.82, 2.24) is 24.3 Å². The van der Waals surface area contributed by atoms with E-state index >= 15 is 0 Å². The molecular formula is C29H32N6O. The molecule has 0 unspecified atom stereocenters. The summed E-state index contributed by atoms with van der Waals surface area (Å²) < 4.78 is 2.18. The zero-order chi connectivity index (χ0) is 25.4. The van der Waals surface area contributed by atoms with E-state index in [0.29, 0.717) is 5.69 Å². The molecule has 0 fully saturated rings. The van der Waals surface area contributed by atoms with Gasteiger partial charge in [0, 0.05) is 69.2 Å². The summed E-state index contributed by atoms with van der Waals surface area (Å²) >= 11 is 0. The SMILES string of the molecule is Cc1cc(C(=O)N(C)C)ccc1C1=CCN(Cc2cc3c(-c4ccc(N)cn4)ccnc3n2C)CC1. The van der Waals surface area contributed by atoms with Gasteiger partial charge in [-0.05, 0) is 66.4 Å². The van der Waals surface area contributed by atoms with E-state index in [1.807, 2.05) is 36.5 Å². The molecule has 1 aliphatic rings. The van der Waals surface area contributed by atoms with Gasteiger partial charge in [-0.15, -0.1) is 0 Å². The Kier molecular flexibility index (Phi) is 6.33. The third-order valence-corrected chi connectivity index (χ3v) is 7.00. The summed E-state index contributed by atoms with van der Waals surface area (Å²) in [6, 6.07) is 14.1. The van der Waals surface area contributed by atoms with Gasteiger partial charge in [0.25, 0.3) is 5.91 Å². The number of aryl methyl sites for hydroxylation is 2. The lowest BCUT2D eigenvalue weighted by molar-refractivity contribution is 0.0827. The van der Waals surface area contributed by atoms with Crippen LogP contribution in [0.1, 0.15) is 33.6 Å². The number of amides is 1. The fraction of sp³-hybridized carbons (Fsp3) is 0.276. The van der Waals surface area contributed by atoms with Gasteiger partial charge in [0.1, 0.15) is 5.65 Å². The highest BCUT2D eigenvalue weighted by molar-refractivity contribution is 5.95. The molecule has 0 atom stereocenters. The Labute approximate surface area is 211 Å². The molecule has 0 spiro atoms. The highest BCUT2D eigenvalue weighted by Gasteiger charge is 2.19. The van der Waals surface area contributed by atoms with E-state index in [-0.39, 0.29) is 5.91 Å². The molecule has 7 heteroatoms. The van der Waals surface area contributed by atoms with E-state index in [9.17, 15) is 4.79 Å². The van der Waals surface area contributed by atoms with Crippen LogP contribution in [-0.2, 0) is 13.6 Å². The van der Waals surface area contributed by atoms with Crippen LogP contribution in [0.2, 0.25) is 0 Å². The lowest BCUT2D eigenvalue weighted by atomic mass is 9.94. The number of nitrogens with zero attached hydrogens (tertiary/aromatic N) is 5. The van der Waals surface area contributed by atoms with Gasteiger partial charge in [-0.25, -0.2) is 4.98 Å². The second kappa shape index (κ2) is 9.59. The minimum Gasteiger partial charge on any atom is -0.397 e. The van der Waals surface area contributed by atoms with Crippen molar-refractivity contribution < 1.29 is 4.79 Å². The predicted octanol–water partition coefficient (Wildman–Crippen LogP) is 4.52. The van der Waals surface area contributed by atoms with Crippen LogP contribution in [0.25, 0.3) is 27.9 Å². The number of nitrogen functional groups attached to an aromatic ring is 1. The smallest absolute Gasteiger partial charge is 0.253 e. The van der Waals surface area contributed by atoms with Crippen LogP contribution in [-0.4, -0.2) is 57.4 Å². The number of benzene rings is 1. The maximum atomic E-state index is 12.3. The number of nitrogens with two attached hydrogens (primary N) is 1. The minimum atomic E-state index is 0.0354. The summed E-state index contributed by atoms with van der Waals surface area (Å²) in [7, 11) is 5.65. The van der Waals surface area contributed by atoms with Crippen LogP contribution in [0.3, 0.4) is 0 Å². The first-order chi connectivity index (χ1) is 17.3. The number of rotatable bonds is 5. The fourth-order valence-electron chi connectivity index (χ4n) is 4.95. The number of pyridine rings is 2. The first-order valence-corrected chi connectivity index (χ1v) is 12.2. The van der Waals surface area contributed by atoms with Gasteiger partial charge in [-0.1, -0.05) is 12.1 Å². The molecule has 36 heavy (non-hydrogen) atoms. The molecule has 2 N–H and O–H groups in total. The first-order valence-electron chi connectivity index (χ1n) is 12.2.